The minimum absolute atomic E-state index is 0.0311. The lowest BCUT2D eigenvalue weighted by molar-refractivity contribution is 0.160. The minimum Gasteiger partial charge on any atom is -0.387 e. The van der Waals surface area contributed by atoms with Crippen molar-refractivity contribution < 1.29 is 0 Å². The van der Waals surface area contributed by atoms with Crippen molar-refractivity contribution in [1.29, 1.82) is 5.41 Å². The molecule has 1 aliphatic heterocycles. The van der Waals surface area contributed by atoms with Gasteiger partial charge in [0.25, 0.3) is 0 Å². The molecule has 112 valence electrons. The van der Waals surface area contributed by atoms with Crippen LogP contribution in [-0.2, 0) is 0 Å². The van der Waals surface area contributed by atoms with Gasteiger partial charge in [-0.2, -0.15) is 0 Å². The molecule has 3 N–H and O–H groups in total. The third kappa shape index (κ3) is 5.94. The van der Waals surface area contributed by atoms with E-state index in [1.807, 2.05) is 0 Å². The molecule has 3 heteroatoms. The van der Waals surface area contributed by atoms with Crippen LogP contribution in [-0.4, -0.2) is 30.4 Å². The Kier molecular flexibility index (Phi) is 7.44. The summed E-state index contributed by atoms with van der Waals surface area (Å²) >= 11 is 0. The smallest absolute Gasteiger partial charge is 0.0966 e. The first-order valence-electron chi connectivity index (χ1n) is 8.15. The number of likely N-dealkylation sites (tertiary alicyclic amines) is 1. The number of nitrogens with two attached hydrogens (primary N) is 1. The Balaban J connectivity index is 2.02. The van der Waals surface area contributed by atoms with Crippen LogP contribution in [0.5, 0.6) is 0 Å². The van der Waals surface area contributed by atoms with Gasteiger partial charge in [0.1, 0.15) is 0 Å². The average Bonchev–Trinajstić information content (AvgIpc) is 2.40. The molecule has 0 aromatic rings. The van der Waals surface area contributed by atoms with Gasteiger partial charge in [-0.1, -0.05) is 52.4 Å². The molecule has 1 fully saturated rings. The maximum Gasteiger partial charge on any atom is 0.0966 e. The fraction of sp³-hybridized carbons (Fsp3) is 0.938. The van der Waals surface area contributed by atoms with E-state index >= 15 is 0 Å². The third-order valence-electron chi connectivity index (χ3n) is 4.69. The minimum atomic E-state index is -0.0311. The quantitative estimate of drug-likeness (QED) is 0.379. The molecule has 0 aromatic heterocycles. The highest BCUT2D eigenvalue weighted by atomic mass is 15.1. The van der Waals surface area contributed by atoms with Crippen LogP contribution in [0.1, 0.15) is 71.6 Å². The summed E-state index contributed by atoms with van der Waals surface area (Å²) in [6.07, 6.45) is 11.8. The number of hydrogen-bond donors (Lipinski definition) is 2. The molecule has 0 unspecified atom stereocenters. The predicted molar refractivity (Wildman–Crippen MR) is 83.7 cm³/mol. The van der Waals surface area contributed by atoms with Crippen LogP contribution < -0.4 is 5.73 Å². The van der Waals surface area contributed by atoms with Crippen LogP contribution in [0.3, 0.4) is 0 Å². The fourth-order valence-corrected chi connectivity index (χ4v) is 2.83. The van der Waals surface area contributed by atoms with Crippen LogP contribution in [0, 0.1) is 10.8 Å². The van der Waals surface area contributed by atoms with E-state index in [2.05, 4.69) is 18.7 Å². The predicted octanol–water partition coefficient (Wildman–Crippen LogP) is 3.78. The van der Waals surface area contributed by atoms with E-state index in [1.54, 1.807) is 0 Å². The third-order valence-corrected chi connectivity index (χ3v) is 4.69. The summed E-state index contributed by atoms with van der Waals surface area (Å²) in [6, 6.07) is 0. The standard InChI is InChI=1S/C16H33N3/c1-3-4-5-6-7-8-9-12-19-13-10-16(2,11-14-19)15(17)18/h3-14H2,1-2H3,(H3,17,18). The van der Waals surface area contributed by atoms with Gasteiger partial charge in [0, 0.05) is 5.41 Å². The number of rotatable bonds is 9. The second-order valence-electron chi connectivity index (χ2n) is 6.44. The van der Waals surface area contributed by atoms with Gasteiger partial charge < -0.3 is 10.6 Å². The SMILES string of the molecule is CCCCCCCCCN1CCC(C)(C(=N)N)CC1. The highest BCUT2D eigenvalue weighted by molar-refractivity contribution is 5.83. The van der Waals surface area contributed by atoms with Crippen molar-refractivity contribution in [1.82, 2.24) is 4.90 Å². The molecule has 0 aromatic carbocycles. The van der Waals surface area contributed by atoms with E-state index in [4.69, 9.17) is 11.1 Å². The Morgan fingerprint density at radius 3 is 2.11 bits per heavy atom. The van der Waals surface area contributed by atoms with E-state index in [1.165, 1.54) is 51.5 Å². The first-order valence-corrected chi connectivity index (χ1v) is 8.15. The van der Waals surface area contributed by atoms with Crippen LogP contribution in [0.2, 0.25) is 0 Å². The summed E-state index contributed by atoms with van der Waals surface area (Å²) < 4.78 is 0. The van der Waals surface area contributed by atoms with E-state index in [0.29, 0.717) is 5.84 Å². The Hall–Kier alpha value is -0.570. The van der Waals surface area contributed by atoms with Crippen molar-refractivity contribution in [3.8, 4) is 0 Å². The summed E-state index contributed by atoms with van der Waals surface area (Å²) in [7, 11) is 0. The number of nitrogens with zero attached hydrogens (tertiary/aromatic N) is 1. The van der Waals surface area contributed by atoms with E-state index in [0.717, 1.165) is 25.9 Å². The molecule has 1 rings (SSSR count). The van der Waals surface area contributed by atoms with Crippen LogP contribution in [0.4, 0.5) is 0 Å². The fourth-order valence-electron chi connectivity index (χ4n) is 2.83. The largest absolute Gasteiger partial charge is 0.387 e. The molecule has 3 nitrogen and oxygen atoms in total. The summed E-state index contributed by atoms with van der Waals surface area (Å²) in [6.45, 7) is 7.88. The Morgan fingerprint density at radius 1 is 1.05 bits per heavy atom. The highest BCUT2D eigenvalue weighted by Crippen LogP contribution is 2.30. The van der Waals surface area contributed by atoms with Gasteiger partial charge in [0.15, 0.2) is 0 Å². The van der Waals surface area contributed by atoms with Gasteiger partial charge in [-0.15, -0.1) is 0 Å². The molecule has 0 radical (unpaired) electrons. The zero-order valence-electron chi connectivity index (χ0n) is 13.0. The molecular formula is C16H33N3. The second-order valence-corrected chi connectivity index (χ2v) is 6.44. The van der Waals surface area contributed by atoms with Crippen LogP contribution in [0.25, 0.3) is 0 Å². The van der Waals surface area contributed by atoms with Crippen molar-refractivity contribution in [2.45, 2.75) is 71.6 Å². The lowest BCUT2D eigenvalue weighted by atomic mass is 9.79. The van der Waals surface area contributed by atoms with Gasteiger partial charge in [0.2, 0.25) is 0 Å². The first-order chi connectivity index (χ1) is 9.08. The molecule has 0 atom stereocenters. The second kappa shape index (κ2) is 8.57. The van der Waals surface area contributed by atoms with Gasteiger partial charge in [-0.05, 0) is 38.9 Å². The average molecular weight is 267 g/mol. The van der Waals surface area contributed by atoms with Crippen LogP contribution >= 0.6 is 0 Å². The number of piperidine rings is 1. The van der Waals surface area contributed by atoms with Crippen molar-refractivity contribution >= 4 is 5.84 Å². The molecule has 1 heterocycles. The summed E-state index contributed by atoms with van der Waals surface area (Å²) in [5.41, 5.74) is 5.66. The molecule has 0 aliphatic carbocycles. The molecule has 0 saturated carbocycles. The highest BCUT2D eigenvalue weighted by Gasteiger charge is 2.32. The monoisotopic (exact) mass is 267 g/mol. The van der Waals surface area contributed by atoms with E-state index in [-0.39, 0.29) is 5.41 Å². The van der Waals surface area contributed by atoms with Crippen molar-refractivity contribution in [3.63, 3.8) is 0 Å². The lowest BCUT2D eigenvalue weighted by Gasteiger charge is -2.38. The lowest BCUT2D eigenvalue weighted by Crippen LogP contribution is -2.45. The maximum atomic E-state index is 7.66. The summed E-state index contributed by atoms with van der Waals surface area (Å²) in [5.74, 6) is 0.378. The van der Waals surface area contributed by atoms with Crippen molar-refractivity contribution in [2.75, 3.05) is 19.6 Å². The Morgan fingerprint density at radius 2 is 1.58 bits per heavy atom. The van der Waals surface area contributed by atoms with E-state index in [9.17, 15) is 0 Å². The Bertz CT molecular complexity index is 255. The molecular weight excluding hydrogens is 234 g/mol. The zero-order valence-corrected chi connectivity index (χ0v) is 13.0. The summed E-state index contributed by atoms with van der Waals surface area (Å²) in [4.78, 5) is 2.55. The van der Waals surface area contributed by atoms with Gasteiger partial charge in [0.05, 0.1) is 5.84 Å². The van der Waals surface area contributed by atoms with Crippen LogP contribution in [0.15, 0.2) is 0 Å². The molecule has 1 aliphatic rings. The number of hydrogen-bond acceptors (Lipinski definition) is 2. The molecule has 0 bridgehead atoms. The number of nitrogens with one attached hydrogen (secondary N) is 1. The van der Waals surface area contributed by atoms with Crippen molar-refractivity contribution in [2.24, 2.45) is 11.1 Å². The molecule has 19 heavy (non-hydrogen) atoms. The summed E-state index contributed by atoms with van der Waals surface area (Å²) in [5, 5.41) is 7.66. The molecule has 1 saturated heterocycles. The van der Waals surface area contributed by atoms with E-state index < -0.39 is 0 Å². The van der Waals surface area contributed by atoms with Gasteiger partial charge >= 0.3 is 0 Å². The van der Waals surface area contributed by atoms with Gasteiger partial charge in [-0.25, -0.2) is 0 Å². The number of unbranched alkanes of at least 4 members (excludes halogenated alkanes) is 6. The topological polar surface area (TPSA) is 53.1 Å². The molecule has 0 spiro atoms. The van der Waals surface area contributed by atoms with Crippen molar-refractivity contribution in [3.05, 3.63) is 0 Å². The normalized spacial score (nSPS) is 19.5. The Labute approximate surface area is 119 Å². The zero-order chi connectivity index (χ0) is 14.1. The van der Waals surface area contributed by atoms with Gasteiger partial charge in [-0.3, -0.25) is 5.41 Å². The first kappa shape index (κ1) is 16.5. The number of amidine groups is 1. The molecule has 0 amide bonds. The maximum absolute atomic E-state index is 7.66.